The van der Waals surface area contributed by atoms with Gasteiger partial charge in [-0.3, -0.25) is 14.8 Å². The van der Waals surface area contributed by atoms with Crippen LogP contribution in [0.25, 0.3) is 0 Å². The lowest BCUT2D eigenvalue weighted by Crippen LogP contribution is -2.55. The Morgan fingerprint density at radius 2 is 2.00 bits per heavy atom. The summed E-state index contributed by atoms with van der Waals surface area (Å²) in [6, 6.07) is 3.34. The summed E-state index contributed by atoms with van der Waals surface area (Å²) in [5.41, 5.74) is 1.92. The summed E-state index contributed by atoms with van der Waals surface area (Å²) in [5, 5.41) is 14.6. The summed E-state index contributed by atoms with van der Waals surface area (Å²) in [6.45, 7) is 3.73. The highest BCUT2D eigenvalue weighted by Gasteiger charge is 2.32. The van der Waals surface area contributed by atoms with Crippen LogP contribution in [0.2, 0.25) is 5.02 Å². The van der Waals surface area contributed by atoms with E-state index < -0.39 is 18.0 Å². The van der Waals surface area contributed by atoms with E-state index in [0.717, 1.165) is 19.3 Å². The van der Waals surface area contributed by atoms with Gasteiger partial charge in [-0.1, -0.05) is 31.9 Å². The van der Waals surface area contributed by atoms with Gasteiger partial charge in [0.05, 0.1) is 12.8 Å². The minimum atomic E-state index is -0.859. The van der Waals surface area contributed by atoms with E-state index in [-0.39, 0.29) is 18.4 Å². The molecule has 1 aliphatic carbocycles. The van der Waals surface area contributed by atoms with Crippen LogP contribution < -0.4 is 20.9 Å². The lowest BCUT2D eigenvalue weighted by atomic mass is 9.85. The number of benzene rings is 1. The van der Waals surface area contributed by atoms with Crippen LogP contribution >= 0.6 is 11.6 Å². The number of hydrogen-bond donors (Lipinski definition) is 4. The monoisotopic (exact) mass is 440 g/mol. The van der Waals surface area contributed by atoms with E-state index in [1.54, 1.807) is 37.5 Å². The highest BCUT2D eigenvalue weighted by Crippen LogP contribution is 2.28. The maximum Gasteiger partial charge on any atom is 0.320 e. The number of nitrogens with zero attached hydrogens (tertiary/aromatic N) is 1. The average Bonchev–Trinajstić information content (AvgIpc) is 2.67. The third kappa shape index (κ3) is 6.50. The SMILES string of the molecule is COc1ccc(Cl)cc1NC(=O)N[C@H](C(=O)N(CC(=O)NO)CC1CCC1)C(C)C. The molecule has 0 bridgehead atoms. The maximum absolute atomic E-state index is 13.2. The van der Waals surface area contributed by atoms with Crippen molar-refractivity contribution in [2.24, 2.45) is 11.8 Å². The highest BCUT2D eigenvalue weighted by atomic mass is 35.5. The summed E-state index contributed by atoms with van der Waals surface area (Å²) >= 11 is 5.99. The van der Waals surface area contributed by atoms with E-state index in [2.05, 4.69) is 10.6 Å². The zero-order valence-electron chi connectivity index (χ0n) is 17.4. The van der Waals surface area contributed by atoms with E-state index in [1.165, 1.54) is 12.0 Å². The van der Waals surface area contributed by atoms with E-state index in [9.17, 15) is 14.4 Å². The zero-order chi connectivity index (χ0) is 22.3. The molecule has 0 radical (unpaired) electrons. The van der Waals surface area contributed by atoms with Gasteiger partial charge in [-0.05, 0) is 42.9 Å². The molecule has 10 heteroatoms. The summed E-state index contributed by atoms with van der Waals surface area (Å²) in [4.78, 5) is 38.8. The van der Waals surface area contributed by atoms with Gasteiger partial charge in [-0.2, -0.15) is 0 Å². The molecule has 30 heavy (non-hydrogen) atoms. The quantitative estimate of drug-likeness (QED) is 0.347. The minimum Gasteiger partial charge on any atom is -0.495 e. The second-order valence-corrected chi connectivity index (χ2v) is 8.15. The second kappa shape index (κ2) is 11.0. The molecule has 1 fully saturated rings. The molecule has 0 unspecified atom stereocenters. The van der Waals surface area contributed by atoms with Crippen LogP contribution in [-0.4, -0.2) is 54.2 Å². The molecule has 0 saturated heterocycles. The molecular weight excluding hydrogens is 412 g/mol. The van der Waals surface area contributed by atoms with Crippen LogP contribution in [0.3, 0.4) is 0 Å². The zero-order valence-corrected chi connectivity index (χ0v) is 18.2. The number of rotatable bonds is 9. The van der Waals surface area contributed by atoms with Gasteiger partial charge in [0.25, 0.3) is 5.91 Å². The molecule has 1 atom stereocenters. The van der Waals surface area contributed by atoms with Crippen LogP contribution in [0, 0.1) is 11.8 Å². The van der Waals surface area contributed by atoms with E-state index in [0.29, 0.717) is 28.9 Å². The molecular formula is C20H29ClN4O5. The fourth-order valence-electron chi connectivity index (χ4n) is 3.22. The second-order valence-electron chi connectivity index (χ2n) is 7.72. The summed E-state index contributed by atoms with van der Waals surface area (Å²) in [5.74, 6) is -0.552. The minimum absolute atomic E-state index is 0.231. The number of hydrogen-bond acceptors (Lipinski definition) is 5. The van der Waals surface area contributed by atoms with Crippen LogP contribution in [0.1, 0.15) is 33.1 Å². The number of amides is 4. The number of methoxy groups -OCH3 is 1. The Balaban J connectivity index is 2.11. The molecule has 1 aromatic rings. The fourth-order valence-corrected chi connectivity index (χ4v) is 3.39. The standard InChI is InChI=1S/C20H29ClN4O5/c1-12(2)18(19(27)25(11-17(26)24-29)10-13-5-4-6-13)23-20(28)22-15-9-14(21)7-8-16(15)30-3/h7-9,12-13,18,29H,4-6,10-11H2,1-3H3,(H,24,26)(H2,22,23,28)/t18-/m0/s1. The molecule has 0 heterocycles. The molecule has 0 aromatic heterocycles. The molecule has 4 amide bonds. The van der Waals surface area contributed by atoms with Gasteiger partial charge in [0.2, 0.25) is 5.91 Å². The lowest BCUT2D eigenvalue weighted by molar-refractivity contribution is -0.142. The molecule has 1 aromatic carbocycles. The van der Waals surface area contributed by atoms with Crippen molar-refractivity contribution in [2.75, 3.05) is 25.5 Å². The smallest absolute Gasteiger partial charge is 0.320 e. The Morgan fingerprint density at radius 3 is 2.53 bits per heavy atom. The van der Waals surface area contributed by atoms with Crippen molar-refractivity contribution in [3.63, 3.8) is 0 Å². The molecule has 4 N–H and O–H groups in total. The number of carbonyl (C=O) groups excluding carboxylic acids is 3. The molecule has 166 valence electrons. The first-order chi connectivity index (χ1) is 14.2. The molecule has 1 aliphatic rings. The van der Waals surface area contributed by atoms with E-state index >= 15 is 0 Å². The topological polar surface area (TPSA) is 120 Å². The third-order valence-corrected chi connectivity index (χ3v) is 5.34. The molecule has 9 nitrogen and oxygen atoms in total. The van der Waals surface area contributed by atoms with E-state index in [4.69, 9.17) is 21.5 Å². The van der Waals surface area contributed by atoms with Crippen molar-refractivity contribution in [1.29, 1.82) is 0 Å². The van der Waals surface area contributed by atoms with Crippen molar-refractivity contribution in [2.45, 2.75) is 39.2 Å². The Kier molecular flexibility index (Phi) is 8.73. The number of halogens is 1. The molecule has 2 rings (SSSR count). The highest BCUT2D eigenvalue weighted by molar-refractivity contribution is 6.31. The van der Waals surface area contributed by atoms with Crippen molar-refractivity contribution < 1.29 is 24.3 Å². The first-order valence-corrected chi connectivity index (χ1v) is 10.3. The Bertz CT molecular complexity index is 770. The van der Waals surface area contributed by atoms with Gasteiger partial charge >= 0.3 is 6.03 Å². The van der Waals surface area contributed by atoms with Crippen LogP contribution in [0.5, 0.6) is 5.75 Å². The van der Waals surface area contributed by atoms with Crippen LogP contribution in [-0.2, 0) is 9.59 Å². The van der Waals surface area contributed by atoms with Crippen molar-refractivity contribution >= 4 is 35.1 Å². The normalized spacial score (nSPS) is 14.5. The van der Waals surface area contributed by atoms with Crippen LogP contribution in [0.15, 0.2) is 18.2 Å². The van der Waals surface area contributed by atoms with Gasteiger partial charge in [-0.15, -0.1) is 0 Å². The van der Waals surface area contributed by atoms with Gasteiger partial charge in [0.15, 0.2) is 0 Å². The number of nitrogens with one attached hydrogen (secondary N) is 3. The van der Waals surface area contributed by atoms with E-state index in [1.807, 2.05) is 0 Å². The number of ether oxygens (including phenoxy) is 1. The largest absolute Gasteiger partial charge is 0.495 e. The number of carbonyl (C=O) groups is 3. The Morgan fingerprint density at radius 1 is 1.30 bits per heavy atom. The van der Waals surface area contributed by atoms with Gasteiger partial charge in [0, 0.05) is 11.6 Å². The maximum atomic E-state index is 13.2. The number of hydroxylamine groups is 1. The summed E-state index contributed by atoms with van der Waals surface area (Å²) in [7, 11) is 1.47. The Labute approximate surface area is 181 Å². The van der Waals surface area contributed by atoms with Crippen LogP contribution in [0.4, 0.5) is 10.5 Å². The van der Waals surface area contributed by atoms with Crippen molar-refractivity contribution in [3.8, 4) is 5.75 Å². The predicted molar refractivity (Wildman–Crippen MR) is 113 cm³/mol. The van der Waals surface area contributed by atoms with Gasteiger partial charge in [0.1, 0.15) is 18.3 Å². The number of anilines is 1. The van der Waals surface area contributed by atoms with Crippen molar-refractivity contribution in [3.05, 3.63) is 23.2 Å². The average molecular weight is 441 g/mol. The predicted octanol–water partition coefficient (Wildman–Crippen LogP) is 2.63. The summed E-state index contributed by atoms with van der Waals surface area (Å²) < 4.78 is 5.21. The summed E-state index contributed by atoms with van der Waals surface area (Å²) in [6.07, 6.45) is 3.06. The van der Waals surface area contributed by atoms with Crippen molar-refractivity contribution in [1.82, 2.24) is 15.7 Å². The Hall–Kier alpha value is -2.52. The molecule has 0 spiro atoms. The van der Waals surface area contributed by atoms with Gasteiger partial charge in [-0.25, -0.2) is 10.3 Å². The lowest BCUT2D eigenvalue weighted by Gasteiger charge is -2.35. The first-order valence-electron chi connectivity index (χ1n) is 9.88. The molecule has 0 aliphatic heterocycles. The first kappa shape index (κ1) is 23.8. The molecule has 1 saturated carbocycles. The fraction of sp³-hybridized carbons (Fsp3) is 0.550. The van der Waals surface area contributed by atoms with Gasteiger partial charge < -0.3 is 20.3 Å². The third-order valence-electron chi connectivity index (χ3n) is 5.10. The number of urea groups is 1.